The Morgan fingerprint density at radius 1 is 0.529 bits per heavy atom. The van der Waals surface area contributed by atoms with Gasteiger partial charge in [-0.1, -0.05) is 90.4 Å². The molecule has 0 aliphatic carbocycles. The van der Waals surface area contributed by atoms with Crippen LogP contribution in [-0.2, 0) is 21.1 Å². The van der Waals surface area contributed by atoms with Crippen molar-refractivity contribution in [3.63, 3.8) is 0 Å². The van der Waals surface area contributed by atoms with Crippen molar-refractivity contribution in [3.8, 4) is 45.5 Å². The summed E-state index contributed by atoms with van der Waals surface area (Å²) in [6, 6.07) is 58.8. The van der Waals surface area contributed by atoms with Gasteiger partial charge in [-0.25, -0.2) is 4.98 Å². The molecule has 7 heteroatoms. The fraction of sp³-hybridized carbons (Fsp3) is 0. The third kappa shape index (κ3) is 5.07. The number of imidazole rings is 1. The van der Waals surface area contributed by atoms with Crippen LogP contribution in [0.3, 0.4) is 0 Å². The minimum Gasteiger partial charge on any atom is -0.503 e. The first kappa shape index (κ1) is 30.8. The number of nitrogens with zero attached hydrogens (tertiary/aromatic N) is 5. The van der Waals surface area contributed by atoms with Crippen LogP contribution in [0.5, 0.6) is 11.5 Å². The Hall–Kier alpha value is -6.23. The molecule has 3 aromatic heterocycles. The molecule has 0 fully saturated rings. The topological polar surface area (TPSA) is 48.1 Å². The number of para-hydroxylation sites is 4. The maximum atomic E-state index is 6.50. The van der Waals surface area contributed by atoms with E-state index in [1.165, 1.54) is 0 Å². The van der Waals surface area contributed by atoms with Crippen LogP contribution in [0.2, 0.25) is 0 Å². The van der Waals surface area contributed by atoms with Gasteiger partial charge in [-0.3, -0.25) is 9.88 Å². The molecule has 0 bridgehead atoms. The number of ether oxygens (including phenoxy) is 1. The normalized spacial score (nSPS) is 11.7. The van der Waals surface area contributed by atoms with Gasteiger partial charge in [0.1, 0.15) is 11.6 Å². The summed E-state index contributed by atoms with van der Waals surface area (Å²) in [5, 5.41) is 2.22. The van der Waals surface area contributed by atoms with Crippen molar-refractivity contribution in [3.05, 3.63) is 176 Å². The van der Waals surface area contributed by atoms with Gasteiger partial charge in [0.25, 0.3) is 0 Å². The minimum absolute atomic E-state index is 0. The van der Waals surface area contributed by atoms with Gasteiger partial charge >= 0.3 is 21.1 Å². The van der Waals surface area contributed by atoms with E-state index in [0.717, 1.165) is 73.0 Å². The summed E-state index contributed by atoms with van der Waals surface area (Å²) in [4.78, 5) is 12.0. The molecule has 51 heavy (non-hydrogen) atoms. The molecule has 0 N–H and O–H groups in total. The summed E-state index contributed by atoms with van der Waals surface area (Å²) < 4.78 is 10.9. The van der Waals surface area contributed by atoms with E-state index in [4.69, 9.17) is 9.72 Å². The summed E-state index contributed by atoms with van der Waals surface area (Å²) in [6.45, 7) is 0. The quantitative estimate of drug-likeness (QED) is 0.162. The average Bonchev–Trinajstić information content (AvgIpc) is 3.72. The van der Waals surface area contributed by atoms with Crippen molar-refractivity contribution in [1.29, 1.82) is 0 Å². The number of hydrogen-bond acceptors (Lipinski definition) is 4. The smallest absolute Gasteiger partial charge is 0.503 e. The number of benzene rings is 6. The van der Waals surface area contributed by atoms with E-state index in [-0.39, 0.29) is 21.1 Å². The monoisotopic (exact) mass is 836 g/mol. The van der Waals surface area contributed by atoms with Gasteiger partial charge in [-0.05, 0) is 47.9 Å². The second-order valence-corrected chi connectivity index (χ2v) is 12.1. The molecule has 0 saturated heterocycles. The van der Waals surface area contributed by atoms with E-state index < -0.39 is 0 Å². The Labute approximate surface area is 309 Å². The van der Waals surface area contributed by atoms with Crippen molar-refractivity contribution < 1.29 is 25.8 Å². The molecule has 10 rings (SSSR count). The Morgan fingerprint density at radius 3 is 2.10 bits per heavy atom. The van der Waals surface area contributed by atoms with Gasteiger partial charge in [-0.2, -0.15) is 6.07 Å². The molecule has 6 nitrogen and oxygen atoms in total. The Balaban J connectivity index is 0.00000348. The molecule has 0 spiro atoms. The summed E-state index contributed by atoms with van der Waals surface area (Å²) in [5.41, 5.74) is 8.23. The first-order chi connectivity index (χ1) is 24.8. The second-order valence-electron chi connectivity index (χ2n) is 12.1. The van der Waals surface area contributed by atoms with Crippen LogP contribution >= 0.6 is 0 Å². The van der Waals surface area contributed by atoms with E-state index in [2.05, 4.69) is 128 Å². The van der Waals surface area contributed by atoms with Gasteiger partial charge in [0.05, 0.1) is 17.7 Å². The molecule has 4 heterocycles. The largest absolute Gasteiger partial charge is 2.00 e. The third-order valence-corrected chi connectivity index (χ3v) is 9.23. The number of pyridine rings is 1. The van der Waals surface area contributed by atoms with Crippen molar-refractivity contribution in [2.45, 2.75) is 0 Å². The zero-order valence-electron chi connectivity index (χ0n) is 27.0. The molecule has 0 amide bonds. The Morgan fingerprint density at radius 2 is 1.25 bits per heavy atom. The fourth-order valence-electron chi connectivity index (χ4n) is 7.11. The van der Waals surface area contributed by atoms with E-state index in [1.54, 1.807) is 0 Å². The second kappa shape index (κ2) is 12.6. The van der Waals surface area contributed by atoms with Crippen molar-refractivity contribution in [2.24, 2.45) is 0 Å². The molecule has 244 valence electrons. The maximum Gasteiger partial charge on any atom is 2.00 e. The molecule has 1 aliphatic rings. The van der Waals surface area contributed by atoms with E-state index in [0.29, 0.717) is 11.5 Å². The first-order valence-electron chi connectivity index (χ1n) is 16.5. The molecule has 6 aromatic carbocycles. The number of anilines is 3. The minimum atomic E-state index is 0. The van der Waals surface area contributed by atoms with Crippen LogP contribution in [0, 0.1) is 12.1 Å². The fourth-order valence-corrected chi connectivity index (χ4v) is 7.11. The first-order valence-corrected chi connectivity index (χ1v) is 16.5. The van der Waals surface area contributed by atoms with Crippen molar-refractivity contribution in [1.82, 2.24) is 19.1 Å². The summed E-state index contributed by atoms with van der Waals surface area (Å²) >= 11 is 0. The summed E-state index contributed by atoms with van der Waals surface area (Å²) in [5.74, 6) is 3.68. The predicted octanol–water partition coefficient (Wildman–Crippen LogP) is 10.9. The van der Waals surface area contributed by atoms with Crippen LogP contribution < -0.4 is 9.64 Å². The van der Waals surface area contributed by atoms with E-state index in [9.17, 15) is 0 Å². The van der Waals surface area contributed by atoms with Crippen LogP contribution in [-0.4, -0.2) is 19.1 Å². The third-order valence-electron chi connectivity index (χ3n) is 9.23. The zero-order chi connectivity index (χ0) is 33.0. The molecule has 0 radical (unpaired) electrons. The van der Waals surface area contributed by atoms with E-state index in [1.807, 2.05) is 67.0 Å². The number of fused-ring (bicyclic) bond motifs is 8. The molecule has 0 atom stereocenters. The van der Waals surface area contributed by atoms with E-state index >= 15 is 0 Å². The molecular weight excluding hydrogens is 810 g/mol. The molecule has 1 aliphatic heterocycles. The SMILES string of the molecule is [Pt+2].[c-]1c(Oc2[c-]c3c(cc2)c2ccccc2n3-c2ccccn2)cccc1-c1ncc2n1-c1ccccc1-c1ccccc1N2c1ccccc1. The van der Waals surface area contributed by atoms with Crippen LogP contribution in [0.4, 0.5) is 17.2 Å². The molecule has 0 saturated carbocycles. The van der Waals surface area contributed by atoms with Crippen LogP contribution in [0.1, 0.15) is 0 Å². The molecule has 9 aromatic rings. The van der Waals surface area contributed by atoms with Crippen LogP contribution in [0.25, 0.3) is 55.8 Å². The molecule has 0 unspecified atom stereocenters. The number of rotatable bonds is 5. The number of hydrogen-bond donors (Lipinski definition) is 0. The van der Waals surface area contributed by atoms with Crippen molar-refractivity contribution >= 4 is 39.0 Å². The van der Waals surface area contributed by atoms with Crippen LogP contribution in [0.15, 0.2) is 164 Å². The van der Waals surface area contributed by atoms with Crippen molar-refractivity contribution in [2.75, 3.05) is 4.90 Å². The maximum absolute atomic E-state index is 6.50. The molecular formula is C44H27N5OPt. The summed E-state index contributed by atoms with van der Waals surface area (Å²) in [6.07, 6.45) is 3.75. The zero-order valence-corrected chi connectivity index (χ0v) is 29.3. The average molecular weight is 837 g/mol. The standard InChI is InChI=1S/C44H27N5O.Pt/c1-2-14-31(15-3-1)47-38-20-7-4-17-34(38)35-18-6-9-22-40(35)49-43(47)29-46-44(49)30-13-12-16-32(27-30)50-33-24-25-37-36-19-5-8-21-39(36)48(41(37)28-33)42-23-10-11-26-45-42;/h1-26,29H;/q-2;+2. The Bertz CT molecular complexity index is 2700. The predicted molar refractivity (Wildman–Crippen MR) is 199 cm³/mol. The summed E-state index contributed by atoms with van der Waals surface area (Å²) in [7, 11) is 0. The number of aromatic nitrogens is 4. The Kier molecular flexibility index (Phi) is 7.60. The van der Waals surface area contributed by atoms with Gasteiger partial charge in [-0.15, -0.1) is 41.3 Å². The van der Waals surface area contributed by atoms with Gasteiger partial charge < -0.3 is 13.9 Å². The van der Waals surface area contributed by atoms with Gasteiger partial charge in [0, 0.05) is 45.7 Å². The van der Waals surface area contributed by atoms with Gasteiger partial charge in [0.2, 0.25) is 0 Å². The van der Waals surface area contributed by atoms with Gasteiger partial charge in [0.15, 0.2) is 0 Å².